The molecule has 1 aliphatic heterocycles. The van der Waals surface area contributed by atoms with Crippen molar-refractivity contribution in [3.8, 4) is 0 Å². The number of ether oxygens (including phenoxy) is 1. The molecule has 152 valence electrons. The van der Waals surface area contributed by atoms with Gasteiger partial charge in [0.1, 0.15) is 6.61 Å². The van der Waals surface area contributed by atoms with Crippen molar-refractivity contribution >= 4 is 29.3 Å². The molecule has 0 aromatic heterocycles. The Bertz CT molecular complexity index is 866. The molecule has 0 bridgehead atoms. The standard InChI is InChI=1S/C22H24ClN3O3/c23-17-8-4-15(5-9-17)14-29-22(28)25-18-10-6-16(7-11-18)20-12-24-21(27)13-26(20)19-2-1-3-19/h4-11,19-20H,1-3,12-14H2,(H,24,27)(H,25,28)/t20-/m1/s1. The van der Waals surface area contributed by atoms with Crippen molar-refractivity contribution in [2.75, 3.05) is 18.4 Å². The van der Waals surface area contributed by atoms with Crippen molar-refractivity contribution in [2.24, 2.45) is 0 Å². The molecular formula is C22H24ClN3O3. The molecule has 6 nitrogen and oxygen atoms in total. The molecule has 1 aliphatic carbocycles. The number of carbonyl (C=O) groups is 2. The van der Waals surface area contributed by atoms with E-state index in [2.05, 4.69) is 15.5 Å². The van der Waals surface area contributed by atoms with Crippen LogP contribution in [0.1, 0.15) is 36.4 Å². The van der Waals surface area contributed by atoms with Gasteiger partial charge >= 0.3 is 6.09 Å². The predicted molar refractivity (Wildman–Crippen MR) is 112 cm³/mol. The van der Waals surface area contributed by atoms with Gasteiger partial charge < -0.3 is 10.1 Å². The van der Waals surface area contributed by atoms with Crippen LogP contribution in [0.4, 0.5) is 10.5 Å². The molecule has 2 N–H and O–H groups in total. The number of nitrogens with one attached hydrogen (secondary N) is 2. The molecule has 1 heterocycles. The van der Waals surface area contributed by atoms with Crippen molar-refractivity contribution in [3.05, 3.63) is 64.7 Å². The van der Waals surface area contributed by atoms with E-state index in [4.69, 9.17) is 16.3 Å². The summed E-state index contributed by atoms with van der Waals surface area (Å²) in [5.74, 6) is 0.0925. The van der Waals surface area contributed by atoms with Crippen LogP contribution in [0.25, 0.3) is 0 Å². The number of anilines is 1. The van der Waals surface area contributed by atoms with Gasteiger partial charge in [-0.3, -0.25) is 15.0 Å². The fourth-order valence-corrected chi connectivity index (χ4v) is 3.87. The molecule has 1 atom stereocenters. The number of piperazine rings is 1. The second kappa shape index (κ2) is 8.84. The second-order valence-corrected chi connectivity index (χ2v) is 7.96. The van der Waals surface area contributed by atoms with Gasteiger partial charge in [0.2, 0.25) is 5.91 Å². The first-order valence-electron chi connectivity index (χ1n) is 9.89. The molecular weight excluding hydrogens is 390 g/mol. The first-order valence-corrected chi connectivity index (χ1v) is 10.3. The second-order valence-electron chi connectivity index (χ2n) is 7.53. The molecule has 2 amide bonds. The van der Waals surface area contributed by atoms with E-state index < -0.39 is 6.09 Å². The summed E-state index contributed by atoms with van der Waals surface area (Å²) in [4.78, 5) is 26.2. The Labute approximate surface area is 175 Å². The third-order valence-corrected chi connectivity index (χ3v) is 5.84. The van der Waals surface area contributed by atoms with E-state index in [-0.39, 0.29) is 18.6 Å². The van der Waals surface area contributed by atoms with Crippen LogP contribution in [0.2, 0.25) is 5.02 Å². The number of nitrogens with zero attached hydrogens (tertiary/aromatic N) is 1. The van der Waals surface area contributed by atoms with Crippen LogP contribution in [-0.2, 0) is 16.1 Å². The predicted octanol–water partition coefficient (Wildman–Crippen LogP) is 4.11. The summed E-state index contributed by atoms with van der Waals surface area (Å²) in [7, 11) is 0. The molecule has 2 fully saturated rings. The zero-order chi connectivity index (χ0) is 20.2. The molecule has 0 spiro atoms. The first kappa shape index (κ1) is 19.7. The lowest BCUT2D eigenvalue weighted by Gasteiger charge is -2.44. The maximum Gasteiger partial charge on any atom is 0.411 e. The maximum atomic E-state index is 12.0. The summed E-state index contributed by atoms with van der Waals surface area (Å²) in [6.07, 6.45) is 3.04. The molecule has 2 aromatic carbocycles. The van der Waals surface area contributed by atoms with Gasteiger partial charge in [0, 0.05) is 23.3 Å². The Morgan fingerprint density at radius 2 is 1.86 bits per heavy atom. The topological polar surface area (TPSA) is 70.7 Å². The number of carbonyl (C=O) groups excluding carboxylic acids is 2. The molecule has 7 heteroatoms. The zero-order valence-electron chi connectivity index (χ0n) is 16.1. The van der Waals surface area contributed by atoms with Crippen molar-refractivity contribution in [3.63, 3.8) is 0 Å². The molecule has 2 aliphatic rings. The van der Waals surface area contributed by atoms with E-state index in [1.165, 1.54) is 6.42 Å². The summed E-state index contributed by atoms with van der Waals surface area (Å²) in [6.45, 7) is 1.25. The Balaban J connectivity index is 1.34. The lowest BCUT2D eigenvalue weighted by molar-refractivity contribution is -0.127. The zero-order valence-corrected chi connectivity index (χ0v) is 16.8. The Morgan fingerprint density at radius 3 is 2.52 bits per heavy atom. The minimum atomic E-state index is -0.506. The van der Waals surface area contributed by atoms with E-state index in [9.17, 15) is 9.59 Å². The third-order valence-electron chi connectivity index (χ3n) is 5.59. The van der Waals surface area contributed by atoms with Crippen LogP contribution < -0.4 is 10.6 Å². The molecule has 2 aromatic rings. The summed E-state index contributed by atoms with van der Waals surface area (Å²) in [6, 6.07) is 15.6. The summed E-state index contributed by atoms with van der Waals surface area (Å²) in [5, 5.41) is 6.36. The average molecular weight is 414 g/mol. The number of hydrogen-bond donors (Lipinski definition) is 2. The average Bonchev–Trinajstić information content (AvgIpc) is 2.67. The molecule has 0 unspecified atom stereocenters. The van der Waals surface area contributed by atoms with Gasteiger partial charge in [-0.1, -0.05) is 42.3 Å². The van der Waals surface area contributed by atoms with Gasteiger partial charge in [0.25, 0.3) is 0 Å². The third kappa shape index (κ3) is 4.89. The number of halogens is 1. The smallest absolute Gasteiger partial charge is 0.411 e. The highest BCUT2D eigenvalue weighted by Crippen LogP contribution is 2.33. The van der Waals surface area contributed by atoms with E-state index in [1.807, 2.05) is 36.4 Å². The number of rotatable bonds is 5. The number of benzene rings is 2. The maximum absolute atomic E-state index is 12.0. The fourth-order valence-electron chi connectivity index (χ4n) is 3.74. The highest BCUT2D eigenvalue weighted by Gasteiger charge is 2.35. The van der Waals surface area contributed by atoms with Gasteiger partial charge in [-0.25, -0.2) is 4.79 Å². The van der Waals surface area contributed by atoms with E-state index >= 15 is 0 Å². The molecule has 29 heavy (non-hydrogen) atoms. The number of amides is 2. The normalized spacial score (nSPS) is 19.9. The molecule has 4 rings (SSSR count). The van der Waals surface area contributed by atoms with Gasteiger partial charge in [-0.2, -0.15) is 0 Å². The van der Waals surface area contributed by atoms with Crippen molar-refractivity contribution in [1.82, 2.24) is 10.2 Å². The van der Waals surface area contributed by atoms with Crippen LogP contribution >= 0.6 is 11.6 Å². The van der Waals surface area contributed by atoms with Gasteiger partial charge in [0.05, 0.1) is 12.6 Å². The Kier molecular flexibility index (Phi) is 6.02. The van der Waals surface area contributed by atoms with Crippen LogP contribution in [0.3, 0.4) is 0 Å². The number of hydrogen-bond acceptors (Lipinski definition) is 4. The van der Waals surface area contributed by atoms with E-state index in [0.29, 0.717) is 29.8 Å². The highest BCUT2D eigenvalue weighted by molar-refractivity contribution is 6.30. The van der Waals surface area contributed by atoms with E-state index in [0.717, 1.165) is 24.0 Å². The van der Waals surface area contributed by atoms with Crippen molar-refractivity contribution in [1.29, 1.82) is 0 Å². The fraction of sp³-hybridized carbons (Fsp3) is 0.364. The van der Waals surface area contributed by atoms with E-state index in [1.54, 1.807) is 12.1 Å². The quantitative estimate of drug-likeness (QED) is 0.773. The van der Waals surface area contributed by atoms with Crippen LogP contribution in [0, 0.1) is 0 Å². The highest BCUT2D eigenvalue weighted by atomic mass is 35.5. The Hall–Kier alpha value is -2.57. The minimum absolute atomic E-state index is 0.0925. The molecule has 1 saturated carbocycles. The molecule has 1 saturated heterocycles. The van der Waals surface area contributed by atoms with Crippen LogP contribution in [-0.4, -0.2) is 36.0 Å². The molecule has 0 radical (unpaired) electrons. The summed E-state index contributed by atoms with van der Waals surface area (Å²) < 4.78 is 5.25. The summed E-state index contributed by atoms with van der Waals surface area (Å²) in [5.41, 5.74) is 2.68. The Morgan fingerprint density at radius 1 is 1.14 bits per heavy atom. The van der Waals surface area contributed by atoms with Crippen molar-refractivity contribution in [2.45, 2.75) is 38.0 Å². The lowest BCUT2D eigenvalue weighted by Crippen LogP contribution is -2.55. The largest absolute Gasteiger partial charge is 0.444 e. The first-order chi connectivity index (χ1) is 14.1. The van der Waals surface area contributed by atoms with Crippen LogP contribution in [0.15, 0.2) is 48.5 Å². The lowest BCUT2D eigenvalue weighted by atomic mass is 9.88. The van der Waals surface area contributed by atoms with Gasteiger partial charge in [0.15, 0.2) is 0 Å². The summed E-state index contributed by atoms with van der Waals surface area (Å²) >= 11 is 5.85. The van der Waals surface area contributed by atoms with Crippen molar-refractivity contribution < 1.29 is 14.3 Å². The minimum Gasteiger partial charge on any atom is -0.444 e. The van der Waals surface area contributed by atoms with Gasteiger partial charge in [-0.05, 0) is 48.2 Å². The van der Waals surface area contributed by atoms with Crippen LogP contribution in [0.5, 0.6) is 0 Å². The van der Waals surface area contributed by atoms with Gasteiger partial charge in [-0.15, -0.1) is 0 Å². The SMILES string of the molecule is O=C1CN(C2CCC2)[C@@H](c2ccc(NC(=O)OCc3ccc(Cl)cc3)cc2)CN1. The monoisotopic (exact) mass is 413 g/mol.